The van der Waals surface area contributed by atoms with Crippen LogP contribution in [-0.4, -0.2) is 19.5 Å². The number of halogens is 1. The van der Waals surface area contributed by atoms with Gasteiger partial charge in [-0.05, 0) is 42.5 Å². The molecule has 1 heterocycles. The normalized spacial score (nSPS) is 11.3. The number of hydrogen-bond donors (Lipinski definition) is 1. The number of carbonyl (C=O) groups is 1. The quantitative estimate of drug-likeness (QED) is 0.712. The fraction of sp³-hybridized carbons (Fsp3) is 0.0556. The molecular formula is C18H14FNO5S. The van der Waals surface area contributed by atoms with Crippen molar-refractivity contribution >= 4 is 21.7 Å². The molecule has 3 rings (SSSR count). The van der Waals surface area contributed by atoms with Gasteiger partial charge >= 0.3 is 5.97 Å². The predicted octanol–water partition coefficient (Wildman–Crippen LogP) is 3.51. The summed E-state index contributed by atoms with van der Waals surface area (Å²) in [6.07, 6.45) is 1.42. The molecule has 2 aromatic carbocycles. The molecule has 0 saturated carbocycles. The fourth-order valence-corrected chi connectivity index (χ4v) is 3.87. The molecule has 0 aliphatic rings. The van der Waals surface area contributed by atoms with E-state index >= 15 is 0 Å². The Morgan fingerprint density at radius 2 is 1.81 bits per heavy atom. The second-order valence-corrected chi connectivity index (χ2v) is 7.24. The Morgan fingerprint density at radius 1 is 1.08 bits per heavy atom. The van der Waals surface area contributed by atoms with Crippen molar-refractivity contribution in [3.8, 4) is 0 Å². The number of carboxylic acids is 1. The second-order valence-electron chi connectivity index (χ2n) is 5.37. The molecule has 0 unspecified atom stereocenters. The first-order chi connectivity index (χ1) is 12.4. The first-order valence-corrected chi connectivity index (χ1v) is 8.96. The molecule has 0 aliphatic heterocycles. The SMILES string of the molecule is O=C(O)c1cc(S(=O)(=O)N(Cc2ccco2)c2ccccc2)ccc1F. The zero-order valence-corrected chi connectivity index (χ0v) is 14.2. The van der Waals surface area contributed by atoms with E-state index in [0.717, 1.165) is 22.5 Å². The summed E-state index contributed by atoms with van der Waals surface area (Å²) in [5.41, 5.74) is -0.345. The molecule has 0 spiro atoms. The molecule has 0 atom stereocenters. The summed E-state index contributed by atoms with van der Waals surface area (Å²) >= 11 is 0. The van der Waals surface area contributed by atoms with Crippen molar-refractivity contribution in [3.63, 3.8) is 0 Å². The molecule has 1 N–H and O–H groups in total. The van der Waals surface area contributed by atoms with Gasteiger partial charge in [0.1, 0.15) is 11.6 Å². The number of anilines is 1. The maximum atomic E-state index is 13.6. The van der Waals surface area contributed by atoms with Crippen LogP contribution < -0.4 is 4.31 Å². The van der Waals surface area contributed by atoms with Crippen molar-refractivity contribution in [2.45, 2.75) is 11.4 Å². The molecule has 0 bridgehead atoms. The van der Waals surface area contributed by atoms with Gasteiger partial charge < -0.3 is 9.52 Å². The highest BCUT2D eigenvalue weighted by atomic mass is 32.2. The Balaban J connectivity index is 2.10. The topological polar surface area (TPSA) is 87.8 Å². The summed E-state index contributed by atoms with van der Waals surface area (Å²) in [4.78, 5) is 10.8. The summed E-state index contributed by atoms with van der Waals surface area (Å²) in [6, 6.07) is 14.2. The summed E-state index contributed by atoms with van der Waals surface area (Å²) in [6.45, 7) is -0.0981. The maximum Gasteiger partial charge on any atom is 0.338 e. The molecular weight excluding hydrogens is 361 g/mol. The van der Waals surface area contributed by atoms with E-state index in [0.29, 0.717) is 11.4 Å². The van der Waals surface area contributed by atoms with Gasteiger partial charge in [0.05, 0.1) is 29.0 Å². The van der Waals surface area contributed by atoms with E-state index in [2.05, 4.69) is 0 Å². The zero-order chi connectivity index (χ0) is 18.7. The van der Waals surface area contributed by atoms with Gasteiger partial charge in [0.15, 0.2) is 0 Å². The number of para-hydroxylation sites is 1. The summed E-state index contributed by atoms with van der Waals surface area (Å²) in [5, 5.41) is 9.06. The van der Waals surface area contributed by atoms with E-state index < -0.39 is 27.4 Å². The van der Waals surface area contributed by atoms with Crippen LogP contribution in [0.5, 0.6) is 0 Å². The smallest absolute Gasteiger partial charge is 0.338 e. The third-order valence-electron chi connectivity index (χ3n) is 3.68. The predicted molar refractivity (Wildman–Crippen MR) is 91.9 cm³/mol. The van der Waals surface area contributed by atoms with Crippen LogP contribution in [0.2, 0.25) is 0 Å². The van der Waals surface area contributed by atoms with E-state index in [1.807, 2.05) is 0 Å². The molecule has 0 fully saturated rings. The number of nitrogens with zero attached hydrogens (tertiary/aromatic N) is 1. The van der Waals surface area contributed by atoms with Gasteiger partial charge in [-0.2, -0.15) is 0 Å². The lowest BCUT2D eigenvalue weighted by Crippen LogP contribution is -2.30. The molecule has 26 heavy (non-hydrogen) atoms. The van der Waals surface area contributed by atoms with E-state index in [-0.39, 0.29) is 11.4 Å². The second kappa shape index (κ2) is 7.01. The van der Waals surface area contributed by atoms with E-state index in [1.165, 1.54) is 6.26 Å². The Bertz CT molecular complexity index is 1020. The Morgan fingerprint density at radius 3 is 2.42 bits per heavy atom. The van der Waals surface area contributed by atoms with Crippen LogP contribution in [0.4, 0.5) is 10.1 Å². The lowest BCUT2D eigenvalue weighted by Gasteiger charge is -2.23. The first kappa shape index (κ1) is 17.7. The van der Waals surface area contributed by atoms with Crippen molar-refractivity contribution in [1.82, 2.24) is 0 Å². The van der Waals surface area contributed by atoms with Crippen molar-refractivity contribution in [2.24, 2.45) is 0 Å². The van der Waals surface area contributed by atoms with Crippen LogP contribution in [0, 0.1) is 5.82 Å². The van der Waals surface area contributed by atoms with Crippen LogP contribution in [0.3, 0.4) is 0 Å². The average Bonchev–Trinajstić information content (AvgIpc) is 3.13. The first-order valence-electron chi connectivity index (χ1n) is 7.52. The van der Waals surface area contributed by atoms with Crippen molar-refractivity contribution in [2.75, 3.05) is 4.31 Å². The molecule has 1 aromatic heterocycles. The highest BCUT2D eigenvalue weighted by Gasteiger charge is 2.27. The zero-order valence-electron chi connectivity index (χ0n) is 13.4. The molecule has 134 valence electrons. The maximum absolute atomic E-state index is 13.6. The number of aromatic carboxylic acids is 1. The third-order valence-corrected chi connectivity index (χ3v) is 5.45. The van der Waals surface area contributed by atoms with Gasteiger partial charge in [-0.1, -0.05) is 18.2 Å². The highest BCUT2D eigenvalue weighted by Crippen LogP contribution is 2.27. The number of hydrogen-bond acceptors (Lipinski definition) is 4. The minimum Gasteiger partial charge on any atom is -0.478 e. The summed E-state index contributed by atoms with van der Waals surface area (Å²) in [7, 11) is -4.16. The standard InChI is InChI=1S/C18H14FNO5S/c19-17-9-8-15(11-16(17)18(21)22)26(23,24)20(12-14-7-4-10-25-14)13-5-2-1-3-6-13/h1-11H,12H2,(H,21,22). The van der Waals surface area contributed by atoms with Gasteiger partial charge in [-0.3, -0.25) is 4.31 Å². The summed E-state index contributed by atoms with van der Waals surface area (Å²) < 4.78 is 46.2. The monoisotopic (exact) mass is 375 g/mol. The number of rotatable bonds is 6. The van der Waals surface area contributed by atoms with Crippen LogP contribution in [0.1, 0.15) is 16.1 Å². The highest BCUT2D eigenvalue weighted by molar-refractivity contribution is 7.92. The number of benzene rings is 2. The van der Waals surface area contributed by atoms with Crippen LogP contribution in [-0.2, 0) is 16.6 Å². The molecule has 8 heteroatoms. The Hall–Kier alpha value is -3.13. The lowest BCUT2D eigenvalue weighted by molar-refractivity contribution is 0.0691. The molecule has 0 radical (unpaired) electrons. The molecule has 0 aliphatic carbocycles. The minimum atomic E-state index is -4.16. The van der Waals surface area contributed by atoms with Gasteiger partial charge in [-0.15, -0.1) is 0 Å². The average molecular weight is 375 g/mol. The van der Waals surface area contributed by atoms with Gasteiger partial charge in [-0.25, -0.2) is 17.6 Å². The number of furan rings is 1. The van der Waals surface area contributed by atoms with Crippen LogP contribution in [0.15, 0.2) is 76.2 Å². The summed E-state index contributed by atoms with van der Waals surface area (Å²) in [5.74, 6) is -2.15. The fourth-order valence-electron chi connectivity index (χ4n) is 2.41. The number of sulfonamides is 1. The van der Waals surface area contributed by atoms with Crippen molar-refractivity contribution in [3.05, 3.63) is 84.1 Å². The van der Waals surface area contributed by atoms with E-state index in [4.69, 9.17) is 9.52 Å². The third kappa shape index (κ3) is 3.45. The van der Waals surface area contributed by atoms with E-state index in [9.17, 15) is 17.6 Å². The molecule has 3 aromatic rings. The Kier molecular flexibility index (Phi) is 4.77. The molecule has 6 nitrogen and oxygen atoms in total. The van der Waals surface area contributed by atoms with Gasteiger partial charge in [0.2, 0.25) is 0 Å². The number of carboxylic acid groups (broad SMARTS) is 1. The molecule has 0 saturated heterocycles. The minimum absolute atomic E-state index is 0.0981. The largest absolute Gasteiger partial charge is 0.478 e. The van der Waals surface area contributed by atoms with Gasteiger partial charge in [0, 0.05) is 0 Å². The van der Waals surface area contributed by atoms with Crippen molar-refractivity contribution < 1.29 is 27.1 Å². The van der Waals surface area contributed by atoms with E-state index in [1.54, 1.807) is 42.5 Å². The van der Waals surface area contributed by atoms with Crippen LogP contribution in [0.25, 0.3) is 0 Å². The van der Waals surface area contributed by atoms with Gasteiger partial charge in [0.25, 0.3) is 10.0 Å². The van der Waals surface area contributed by atoms with Crippen LogP contribution >= 0.6 is 0 Å². The Labute approximate surface area is 149 Å². The molecule has 0 amide bonds. The lowest BCUT2D eigenvalue weighted by atomic mass is 10.2. The van der Waals surface area contributed by atoms with Crippen molar-refractivity contribution in [1.29, 1.82) is 0 Å².